The van der Waals surface area contributed by atoms with Crippen molar-refractivity contribution in [1.82, 2.24) is 9.80 Å². The zero-order chi connectivity index (χ0) is 16.1. The van der Waals surface area contributed by atoms with Crippen LogP contribution in [0.25, 0.3) is 0 Å². The molecule has 0 amide bonds. The lowest BCUT2D eigenvalue weighted by Gasteiger charge is -2.24. The molecule has 2 atom stereocenters. The Morgan fingerprint density at radius 3 is 2.41 bits per heavy atom. The first-order valence-corrected chi connectivity index (χ1v) is 8.72. The number of aliphatic hydroxyl groups is 1. The molecule has 1 aromatic rings. The van der Waals surface area contributed by atoms with Crippen molar-refractivity contribution in [2.45, 2.75) is 40.2 Å². The highest BCUT2D eigenvalue weighted by molar-refractivity contribution is 5.30. The van der Waals surface area contributed by atoms with E-state index in [1.54, 1.807) is 0 Å². The Kier molecular flexibility index (Phi) is 6.42. The van der Waals surface area contributed by atoms with Gasteiger partial charge in [0.1, 0.15) is 0 Å². The molecule has 0 bridgehead atoms. The van der Waals surface area contributed by atoms with E-state index in [4.69, 9.17) is 0 Å². The number of likely N-dealkylation sites (tertiary alicyclic amines) is 1. The summed E-state index contributed by atoms with van der Waals surface area (Å²) in [6, 6.07) is 6.38. The summed E-state index contributed by atoms with van der Waals surface area (Å²) < 4.78 is 0. The second-order valence-electron chi connectivity index (χ2n) is 6.84. The number of hydrogen-bond acceptors (Lipinski definition) is 3. The molecule has 2 unspecified atom stereocenters. The van der Waals surface area contributed by atoms with Crippen LogP contribution >= 0.6 is 0 Å². The van der Waals surface area contributed by atoms with E-state index in [9.17, 15) is 5.11 Å². The number of aliphatic hydroxyl groups excluding tert-OH is 1. The minimum atomic E-state index is -0.370. The summed E-state index contributed by atoms with van der Waals surface area (Å²) in [5.74, 6) is 0.756. The van der Waals surface area contributed by atoms with E-state index in [2.05, 4.69) is 55.7 Å². The number of aryl methyl sites for hydroxylation is 2. The minimum Gasteiger partial charge on any atom is -0.387 e. The van der Waals surface area contributed by atoms with Crippen molar-refractivity contribution in [3.63, 3.8) is 0 Å². The quantitative estimate of drug-likeness (QED) is 0.839. The van der Waals surface area contributed by atoms with Gasteiger partial charge >= 0.3 is 0 Å². The molecule has 1 fully saturated rings. The van der Waals surface area contributed by atoms with Gasteiger partial charge in [-0.1, -0.05) is 43.2 Å². The zero-order valence-corrected chi connectivity index (χ0v) is 14.7. The largest absolute Gasteiger partial charge is 0.387 e. The Morgan fingerprint density at radius 1 is 1.18 bits per heavy atom. The van der Waals surface area contributed by atoms with Gasteiger partial charge in [-0.15, -0.1) is 0 Å². The Balaban J connectivity index is 1.86. The van der Waals surface area contributed by atoms with Crippen LogP contribution in [0.15, 0.2) is 18.2 Å². The summed E-state index contributed by atoms with van der Waals surface area (Å²) in [5.41, 5.74) is 3.52. The van der Waals surface area contributed by atoms with Gasteiger partial charge in [-0.05, 0) is 51.4 Å². The summed E-state index contributed by atoms with van der Waals surface area (Å²) in [5, 5.41) is 10.5. The van der Waals surface area contributed by atoms with Gasteiger partial charge in [0.05, 0.1) is 6.10 Å². The lowest BCUT2D eigenvalue weighted by Crippen LogP contribution is -2.32. The van der Waals surface area contributed by atoms with Gasteiger partial charge in [-0.3, -0.25) is 0 Å². The fourth-order valence-corrected chi connectivity index (χ4v) is 3.63. The van der Waals surface area contributed by atoms with Crippen LogP contribution in [0.2, 0.25) is 0 Å². The van der Waals surface area contributed by atoms with E-state index in [1.165, 1.54) is 24.1 Å². The fourth-order valence-electron chi connectivity index (χ4n) is 3.63. The molecule has 1 aromatic carbocycles. The van der Waals surface area contributed by atoms with E-state index < -0.39 is 0 Å². The van der Waals surface area contributed by atoms with Crippen LogP contribution in [0.3, 0.4) is 0 Å². The molecule has 1 heterocycles. The summed E-state index contributed by atoms with van der Waals surface area (Å²) in [4.78, 5) is 4.94. The Hall–Kier alpha value is -0.900. The van der Waals surface area contributed by atoms with Gasteiger partial charge in [-0.2, -0.15) is 0 Å². The van der Waals surface area contributed by atoms with Crippen LogP contribution in [-0.4, -0.2) is 54.2 Å². The maximum atomic E-state index is 10.5. The highest BCUT2D eigenvalue weighted by Gasteiger charge is 2.25. The van der Waals surface area contributed by atoms with Crippen LogP contribution in [0.1, 0.15) is 43.1 Å². The second kappa shape index (κ2) is 8.09. The van der Waals surface area contributed by atoms with E-state index in [1.807, 2.05) is 0 Å². The fraction of sp³-hybridized carbons (Fsp3) is 0.684. The van der Waals surface area contributed by atoms with Crippen molar-refractivity contribution in [3.05, 3.63) is 34.9 Å². The molecular weight excluding hydrogens is 272 g/mol. The number of nitrogens with zero attached hydrogens (tertiary/aromatic N) is 2. The van der Waals surface area contributed by atoms with E-state index in [0.717, 1.165) is 44.2 Å². The normalized spacial score (nSPS) is 20.7. The zero-order valence-electron chi connectivity index (χ0n) is 14.7. The molecule has 3 heteroatoms. The van der Waals surface area contributed by atoms with Crippen LogP contribution in [-0.2, 0) is 0 Å². The molecule has 0 spiro atoms. The summed E-state index contributed by atoms with van der Waals surface area (Å²) in [6.07, 6.45) is 0.890. The van der Waals surface area contributed by atoms with Crippen molar-refractivity contribution in [2.75, 3.05) is 39.3 Å². The van der Waals surface area contributed by atoms with Gasteiger partial charge in [0.25, 0.3) is 0 Å². The van der Waals surface area contributed by atoms with Gasteiger partial charge in [0, 0.05) is 19.6 Å². The highest BCUT2D eigenvalue weighted by atomic mass is 16.3. The van der Waals surface area contributed by atoms with Crippen LogP contribution in [0, 0.1) is 19.8 Å². The van der Waals surface area contributed by atoms with Crippen molar-refractivity contribution in [1.29, 1.82) is 0 Å². The molecule has 0 saturated carbocycles. The molecule has 0 aliphatic carbocycles. The Bertz CT molecular complexity index is 450. The number of rotatable bonds is 7. The molecule has 3 nitrogen and oxygen atoms in total. The predicted octanol–water partition coefficient (Wildman–Crippen LogP) is 3.00. The highest BCUT2D eigenvalue weighted by Crippen LogP contribution is 2.23. The standard InChI is InChI=1S/C19H32N2O/c1-5-20(6-2)12-17-7-8-21(13-17)14-19(22)18-10-15(3)9-16(4)11-18/h9-11,17,19,22H,5-8,12-14H2,1-4H3. The first-order valence-electron chi connectivity index (χ1n) is 8.72. The average molecular weight is 304 g/mol. The van der Waals surface area contributed by atoms with Gasteiger partial charge in [0.2, 0.25) is 0 Å². The average Bonchev–Trinajstić information content (AvgIpc) is 2.90. The van der Waals surface area contributed by atoms with E-state index >= 15 is 0 Å². The third-order valence-electron chi connectivity index (χ3n) is 4.84. The van der Waals surface area contributed by atoms with Gasteiger partial charge in [-0.25, -0.2) is 0 Å². The molecule has 2 rings (SSSR count). The first kappa shape index (κ1) is 17.5. The number of hydrogen-bond donors (Lipinski definition) is 1. The lowest BCUT2D eigenvalue weighted by molar-refractivity contribution is 0.122. The maximum absolute atomic E-state index is 10.5. The smallest absolute Gasteiger partial charge is 0.0917 e. The first-order chi connectivity index (χ1) is 10.5. The molecule has 22 heavy (non-hydrogen) atoms. The summed E-state index contributed by atoms with van der Waals surface area (Å²) in [7, 11) is 0. The van der Waals surface area contributed by atoms with E-state index in [-0.39, 0.29) is 6.10 Å². The Morgan fingerprint density at radius 2 is 1.82 bits per heavy atom. The third kappa shape index (κ3) is 4.80. The molecule has 0 radical (unpaired) electrons. The monoisotopic (exact) mass is 304 g/mol. The molecule has 124 valence electrons. The van der Waals surface area contributed by atoms with Crippen LogP contribution in [0.5, 0.6) is 0 Å². The number of benzene rings is 1. The van der Waals surface area contributed by atoms with E-state index in [0.29, 0.717) is 0 Å². The van der Waals surface area contributed by atoms with Crippen molar-refractivity contribution in [2.24, 2.45) is 5.92 Å². The van der Waals surface area contributed by atoms with Gasteiger partial charge in [0.15, 0.2) is 0 Å². The Labute approximate surface area is 135 Å². The topological polar surface area (TPSA) is 26.7 Å². The third-order valence-corrected chi connectivity index (χ3v) is 4.84. The van der Waals surface area contributed by atoms with Gasteiger partial charge < -0.3 is 14.9 Å². The van der Waals surface area contributed by atoms with Crippen molar-refractivity contribution >= 4 is 0 Å². The molecular formula is C19H32N2O. The minimum absolute atomic E-state index is 0.370. The SMILES string of the molecule is CCN(CC)CC1CCN(CC(O)c2cc(C)cc(C)c2)C1. The predicted molar refractivity (Wildman–Crippen MR) is 93.2 cm³/mol. The molecule has 0 aromatic heterocycles. The number of β-amino-alcohol motifs (C(OH)–C–C–N with tert-alkyl or cyclic N) is 1. The van der Waals surface area contributed by atoms with Crippen molar-refractivity contribution < 1.29 is 5.11 Å². The summed E-state index contributed by atoms with van der Waals surface area (Å²) in [6.45, 7) is 15.1. The summed E-state index contributed by atoms with van der Waals surface area (Å²) >= 11 is 0. The molecule has 1 N–H and O–H groups in total. The van der Waals surface area contributed by atoms with Crippen molar-refractivity contribution in [3.8, 4) is 0 Å². The van der Waals surface area contributed by atoms with Crippen LogP contribution in [0.4, 0.5) is 0 Å². The maximum Gasteiger partial charge on any atom is 0.0917 e. The molecule has 1 aliphatic heterocycles. The molecule has 1 saturated heterocycles. The molecule has 1 aliphatic rings. The second-order valence-corrected chi connectivity index (χ2v) is 6.84. The van der Waals surface area contributed by atoms with Crippen LogP contribution < -0.4 is 0 Å². The lowest BCUT2D eigenvalue weighted by atomic mass is 10.0.